The summed E-state index contributed by atoms with van der Waals surface area (Å²) in [6.45, 7) is 0. The van der Waals surface area contributed by atoms with Crippen LogP contribution in [-0.4, -0.2) is 4.89 Å². The smallest absolute Gasteiger partial charge is 0.408 e. The van der Waals surface area contributed by atoms with Crippen molar-refractivity contribution in [3.63, 3.8) is 0 Å². The predicted octanol–water partition coefficient (Wildman–Crippen LogP) is 4.60. The third kappa shape index (κ3) is 2.29. The highest BCUT2D eigenvalue weighted by Gasteiger charge is 2.35. The van der Waals surface area contributed by atoms with Crippen molar-refractivity contribution in [1.82, 2.24) is 0 Å². The van der Waals surface area contributed by atoms with Gasteiger partial charge in [-0.3, -0.25) is 0 Å². The molecule has 114 valence electrons. The molecule has 0 amide bonds. The summed E-state index contributed by atoms with van der Waals surface area (Å²) in [6, 6.07) is 13.4. The first-order valence-corrected chi connectivity index (χ1v) is 9.49. The summed E-state index contributed by atoms with van der Waals surface area (Å²) in [5.74, 6) is 1.00. The van der Waals surface area contributed by atoms with E-state index in [1.165, 1.54) is 37.7 Å². The first-order valence-electron chi connectivity index (χ1n) is 7.91. The summed E-state index contributed by atoms with van der Waals surface area (Å²) in [5, 5.41) is 0.453. The number of hydrogen-bond acceptors (Lipinski definition) is 2. The summed E-state index contributed by atoms with van der Waals surface area (Å²) >= 11 is 0. The molecule has 4 heteroatoms. The molecule has 2 aliphatic rings. The second-order valence-corrected chi connectivity index (χ2v) is 7.92. The SMILES string of the molecule is O=P1(O)Oc2ccccc2-c2ccc(C3CCCCC3)cc21. The Morgan fingerprint density at radius 3 is 2.59 bits per heavy atom. The normalized spacial score (nSPS) is 24.2. The van der Waals surface area contributed by atoms with E-state index in [1.54, 1.807) is 6.07 Å². The molecule has 1 aliphatic carbocycles. The summed E-state index contributed by atoms with van der Waals surface area (Å²) in [6.07, 6.45) is 6.14. The van der Waals surface area contributed by atoms with Gasteiger partial charge in [-0.1, -0.05) is 49.6 Å². The van der Waals surface area contributed by atoms with Gasteiger partial charge in [0.1, 0.15) is 5.75 Å². The number of benzene rings is 2. The van der Waals surface area contributed by atoms with Crippen molar-refractivity contribution >= 4 is 12.9 Å². The Balaban J connectivity index is 1.83. The zero-order chi connectivity index (χ0) is 15.2. The number of fused-ring (bicyclic) bond motifs is 3. The molecule has 1 aliphatic heterocycles. The van der Waals surface area contributed by atoms with E-state index in [0.717, 1.165) is 11.1 Å². The lowest BCUT2D eigenvalue weighted by Crippen LogP contribution is -2.19. The number of rotatable bonds is 1. The molecule has 0 bridgehead atoms. The Hall–Kier alpha value is -1.57. The van der Waals surface area contributed by atoms with E-state index in [-0.39, 0.29) is 0 Å². The van der Waals surface area contributed by atoms with Crippen molar-refractivity contribution in [2.75, 3.05) is 0 Å². The molecular weight excluding hydrogens is 295 g/mol. The van der Waals surface area contributed by atoms with Gasteiger partial charge in [0.05, 0.1) is 5.30 Å². The molecule has 1 fully saturated rings. The Bertz CT molecular complexity index is 763. The van der Waals surface area contributed by atoms with Crippen LogP contribution in [0.1, 0.15) is 43.6 Å². The molecule has 0 saturated heterocycles. The Kier molecular flexibility index (Phi) is 3.36. The molecule has 0 radical (unpaired) electrons. The zero-order valence-electron chi connectivity index (χ0n) is 12.4. The lowest BCUT2D eigenvalue weighted by molar-refractivity contribution is 0.392. The number of para-hydroxylation sites is 1. The molecular formula is C18H19O3P. The average molecular weight is 314 g/mol. The second-order valence-electron chi connectivity index (χ2n) is 6.22. The Morgan fingerprint density at radius 2 is 1.77 bits per heavy atom. The van der Waals surface area contributed by atoms with E-state index >= 15 is 0 Å². The van der Waals surface area contributed by atoms with Crippen molar-refractivity contribution in [3.05, 3.63) is 48.0 Å². The van der Waals surface area contributed by atoms with Crippen LogP contribution in [0.15, 0.2) is 42.5 Å². The lowest BCUT2D eigenvalue weighted by Gasteiger charge is -2.27. The molecule has 1 unspecified atom stereocenters. The van der Waals surface area contributed by atoms with E-state index in [1.807, 2.05) is 30.3 Å². The van der Waals surface area contributed by atoms with Crippen LogP contribution in [0.4, 0.5) is 0 Å². The van der Waals surface area contributed by atoms with Gasteiger partial charge in [-0.15, -0.1) is 0 Å². The summed E-state index contributed by atoms with van der Waals surface area (Å²) < 4.78 is 18.0. The highest BCUT2D eigenvalue weighted by molar-refractivity contribution is 7.62. The standard InChI is InChI=1S/C18H19O3P/c19-22(20)18-12-14(13-6-2-1-3-7-13)10-11-16(18)15-8-4-5-9-17(15)21-22/h4-5,8-13H,1-3,6-7H2,(H,19,20). The maximum Gasteiger partial charge on any atom is 0.408 e. The molecule has 1 heterocycles. The van der Waals surface area contributed by atoms with Crippen molar-refractivity contribution in [1.29, 1.82) is 0 Å². The molecule has 2 aromatic carbocycles. The number of hydrogen-bond donors (Lipinski definition) is 1. The average Bonchev–Trinajstić information content (AvgIpc) is 2.55. The van der Waals surface area contributed by atoms with Gasteiger partial charge in [-0.2, -0.15) is 0 Å². The third-order valence-corrected chi connectivity index (χ3v) is 6.23. The van der Waals surface area contributed by atoms with Crippen LogP contribution in [0.3, 0.4) is 0 Å². The van der Waals surface area contributed by atoms with E-state index in [0.29, 0.717) is 17.0 Å². The second kappa shape index (κ2) is 5.26. The first kappa shape index (κ1) is 14.0. The molecule has 2 aromatic rings. The molecule has 1 atom stereocenters. The Morgan fingerprint density at radius 1 is 1.00 bits per heavy atom. The minimum absolute atomic E-state index is 0.453. The fraction of sp³-hybridized carbons (Fsp3) is 0.333. The predicted molar refractivity (Wildman–Crippen MR) is 87.8 cm³/mol. The first-order chi connectivity index (χ1) is 10.6. The van der Waals surface area contributed by atoms with Crippen LogP contribution in [-0.2, 0) is 4.57 Å². The van der Waals surface area contributed by atoms with Crippen LogP contribution in [0, 0.1) is 0 Å². The lowest BCUT2D eigenvalue weighted by atomic mass is 9.83. The van der Waals surface area contributed by atoms with E-state index in [9.17, 15) is 9.46 Å². The van der Waals surface area contributed by atoms with E-state index in [4.69, 9.17) is 4.52 Å². The zero-order valence-corrected chi connectivity index (χ0v) is 13.3. The van der Waals surface area contributed by atoms with Gasteiger partial charge < -0.3 is 9.42 Å². The third-order valence-electron chi connectivity index (χ3n) is 4.80. The summed E-state index contributed by atoms with van der Waals surface area (Å²) in [4.78, 5) is 10.3. The molecule has 4 rings (SSSR count). The fourth-order valence-electron chi connectivity index (χ4n) is 3.65. The highest BCUT2D eigenvalue weighted by Crippen LogP contribution is 2.52. The van der Waals surface area contributed by atoms with Crippen molar-refractivity contribution in [3.8, 4) is 16.9 Å². The van der Waals surface area contributed by atoms with Crippen LogP contribution >= 0.6 is 7.60 Å². The van der Waals surface area contributed by atoms with Gasteiger partial charge in [-0.25, -0.2) is 4.57 Å². The van der Waals surface area contributed by atoms with Crippen molar-refractivity contribution < 1.29 is 14.0 Å². The van der Waals surface area contributed by atoms with Crippen LogP contribution in [0.2, 0.25) is 0 Å². The van der Waals surface area contributed by atoms with Gasteiger partial charge in [0.15, 0.2) is 0 Å². The molecule has 0 spiro atoms. The van der Waals surface area contributed by atoms with Crippen molar-refractivity contribution in [2.24, 2.45) is 0 Å². The minimum atomic E-state index is -3.79. The van der Waals surface area contributed by atoms with Gasteiger partial charge in [-0.05, 0) is 36.5 Å². The quantitative estimate of drug-likeness (QED) is 0.782. The highest BCUT2D eigenvalue weighted by atomic mass is 31.2. The fourth-order valence-corrected chi connectivity index (χ4v) is 4.99. The summed E-state index contributed by atoms with van der Waals surface area (Å²) in [5.41, 5.74) is 2.90. The van der Waals surface area contributed by atoms with Crippen LogP contribution in [0.5, 0.6) is 5.75 Å². The molecule has 3 nitrogen and oxygen atoms in total. The van der Waals surface area contributed by atoms with Crippen molar-refractivity contribution in [2.45, 2.75) is 38.0 Å². The van der Waals surface area contributed by atoms with Crippen LogP contribution < -0.4 is 9.83 Å². The van der Waals surface area contributed by atoms with Crippen LogP contribution in [0.25, 0.3) is 11.1 Å². The largest absolute Gasteiger partial charge is 0.421 e. The molecule has 0 aromatic heterocycles. The van der Waals surface area contributed by atoms with Gasteiger partial charge >= 0.3 is 7.60 Å². The molecule has 22 heavy (non-hydrogen) atoms. The van der Waals surface area contributed by atoms with Gasteiger partial charge in [0.2, 0.25) is 0 Å². The minimum Gasteiger partial charge on any atom is -0.421 e. The van der Waals surface area contributed by atoms with E-state index in [2.05, 4.69) is 6.07 Å². The van der Waals surface area contributed by atoms with E-state index < -0.39 is 7.60 Å². The summed E-state index contributed by atoms with van der Waals surface area (Å²) in [7, 11) is -3.79. The van der Waals surface area contributed by atoms with Gasteiger partial charge in [0, 0.05) is 11.1 Å². The van der Waals surface area contributed by atoms with Gasteiger partial charge in [0.25, 0.3) is 0 Å². The molecule has 1 saturated carbocycles. The topological polar surface area (TPSA) is 46.5 Å². The maximum absolute atomic E-state index is 12.6. The monoisotopic (exact) mass is 314 g/mol. The maximum atomic E-state index is 12.6. The molecule has 1 N–H and O–H groups in total. The Labute approximate surface area is 130 Å².